The van der Waals surface area contributed by atoms with Crippen LogP contribution in [-0.2, 0) is 9.59 Å². The molecule has 1 fully saturated rings. The molecule has 0 spiro atoms. The Morgan fingerprint density at radius 2 is 1.32 bits per heavy atom. The van der Waals surface area contributed by atoms with Gasteiger partial charge >= 0.3 is 0 Å². The normalized spacial score (nSPS) is 15.9. The number of hydrogen-bond acceptors (Lipinski definition) is 3. The van der Waals surface area contributed by atoms with Gasteiger partial charge in [0.1, 0.15) is 28.9 Å². The van der Waals surface area contributed by atoms with Crippen molar-refractivity contribution in [3.63, 3.8) is 0 Å². The van der Waals surface area contributed by atoms with E-state index < -0.39 is 0 Å². The Bertz CT molecular complexity index is 673. The number of Topliss-reactive ketones (excluding diaryl/α,β-unsaturated/α-hetero) is 2. The standard InChI is InChI=1S/C18H15FO3/c19-14-3-7-18(8-4-14)22-17-5-1-12(2-6-17)13-9-15(20)11-16(21)10-13/h1-8,13H,9-11H2. The fraction of sp³-hybridized carbons (Fsp3) is 0.222. The molecule has 0 N–H and O–H groups in total. The average molecular weight is 298 g/mol. The summed E-state index contributed by atoms with van der Waals surface area (Å²) in [5.74, 6) is 0.852. The number of benzene rings is 2. The molecule has 0 unspecified atom stereocenters. The van der Waals surface area contributed by atoms with Crippen molar-refractivity contribution in [3.8, 4) is 11.5 Å². The summed E-state index contributed by atoms with van der Waals surface area (Å²) < 4.78 is 18.5. The van der Waals surface area contributed by atoms with Gasteiger partial charge in [-0.15, -0.1) is 0 Å². The van der Waals surface area contributed by atoms with Gasteiger partial charge in [-0.1, -0.05) is 12.1 Å². The lowest BCUT2D eigenvalue weighted by Crippen LogP contribution is -2.21. The SMILES string of the molecule is O=C1CC(=O)CC(c2ccc(Oc3ccc(F)cc3)cc2)C1. The number of ether oxygens (including phenoxy) is 1. The van der Waals surface area contributed by atoms with Gasteiger partial charge in [-0.25, -0.2) is 4.39 Å². The van der Waals surface area contributed by atoms with Crippen molar-refractivity contribution in [1.82, 2.24) is 0 Å². The van der Waals surface area contributed by atoms with Crippen LogP contribution in [0, 0.1) is 5.82 Å². The summed E-state index contributed by atoms with van der Waals surface area (Å²) in [6.45, 7) is 0. The molecule has 0 amide bonds. The molecule has 22 heavy (non-hydrogen) atoms. The zero-order valence-corrected chi connectivity index (χ0v) is 11.9. The molecule has 0 aliphatic heterocycles. The minimum atomic E-state index is -0.311. The molecule has 0 heterocycles. The third-order valence-corrected chi connectivity index (χ3v) is 3.74. The van der Waals surface area contributed by atoms with E-state index in [1.807, 2.05) is 12.1 Å². The maximum absolute atomic E-state index is 12.8. The van der Waals surface area contributed by atoms with Crippen LogP contribution in [0.25, 0.3) is 0 Å². The highest BCUT2D eigenvalue weighted by atomic mass is 19.1. The van der Waals surface area contributed by atoms with E-state index in [-0.39, 0.29) is 29.7 Å². The first-order valence-electron chi connectivity index (χ1n) is 7.17. The van der Waals surface area contributed by atoms with E-state index >= 15 is 0 Å². The van der Waals surface area contributed by atoms with Gasteiger partial charge in [0.2, 0.25) is 0 Å². The van der Waals surface area contributed by atoms with Gasteiger partial charge in [-0.2, -0.15) is 0 Å². The second kappa shape index (κ2) is 6.10. The van der Waals surface area contributed by atoms with Gasteiger partial charge in [-0.3, -0.25) is 9.59 Å². The molecule has 0 radical (unpaired) electrons. The van der Waals surface area contributed by atoms with E-state index in [0.29, 0.717) is 24.3 Å². The van der Waals surface area contributed by atoms with Gasteiger partial charge in [0.15, 0.2) is 0 Å². The Kier molecular flexibility index (Phi) is 4.00. The molecule has 2 aromatic carbocycles. The van der Waals surface area contributed by atoms with Gasteiger partial charge < -0.3 is 4.74 Å². The number of carbonyl (C=O) groups excluding carboxylic acids is 2. The quantitative estimate of drug-likeness (QED) is 0.804. The smallest absolute Gasteiger partial charge is 0.140 e. The Labute approximate surface area is 127 Å². The maximum atomic E-state index is 12.8. The van der Waals surface area contributed by atoms with Crippen molar-refractivity contribution >= 4 is 11.6 Å². The third-order valence-electron chi connectivity index (χ3n) is 3.74. The molecule has 112 valence electrons. The highest BCUT2D eigenvalue weighted by Gasteiger charge is 2.26. The molecule has 0 saturated heterocycles. The molecular weight excluding hydrogens is 283 g/mol. The Morgan fingerprint density at radius 3 is 1.86 bits per heavy atom. The van der Waals surface area contributed by atoms with E-state index in [0.717, 1.165) is 5.56 Å². The number of carbonyl (C=O) groups is 2. The summed E-state index contributed by atoms with van der Waals surface area (Å²) in [6.07, 6.45) is 0.913. The molecule has 2 aromatic rings. The minimum Gasteiger partial charge on any atom is -0.457 e. The fourth-order valence-electron chi connectivity index (χ4n) is 2.67. The zero-order valence-electron chi connectivity index (χ0n) is 11.9. The van der Waals surface area contributed by atoms with Crippen LogP contribution >= 0.6 is 0 Å². The molecule has 0 aromatic heterocycles. The van der Waals surface area contributed by atoms with Crippen LogP contribution in [0.3, 0.4) is 0 Å². The van der Waals surface area contributed by atoms with Crippen molar-refractivity contribution in [2.75, 3.05) is 0 Å². The van der Waals surface area contributed by atoms with Crippen LogP contribution < -0.4 is 4.74 Å². The summed E-state index contributed by atoms with van der Waals surface area (Å²) in [7, 11) is 0. The molecule has 1 aliphatic carbocycles. The Morgan fingerprint density at radius 1 is 0.818 bits per heavy atom. The van der Waals surface area contributed by atoms with Gasteiger partial charge in [0.25, 0.3) is 0 Å². The first-order chi connectivity index (χ1) is 10.6. The average Bonchev–Trinajstić information content (AvgIpc) is 2.49. The van der Waals surface area contributed by atoms with Gasteiger partial charge in [-0.05, 0) is 47.9 Å². The lowest BCUT2D eigenvalue weighted by Gasteiger charge is -2.20. The lowest BCUT2D eigenvalue weighted by atomic mass is 9.83. The number of rotatable bonds is 3. The van der Waals surface area contributed by atoms with Crippen LogP contribution in [0.5, 0.6) is 11.5 Å². The van der Waals surface area contributed by atoms with E-state index in [4.69, 9.17) is 4.74 Å². The summed E-state index contributed by atoms with van der Waals surface area (Å²) in [4.78, 5) is 23.0. The number of hydrogen-bond donors (Lipinski definition) is 0. The molecule has 4 heteroatoms. The second-order valence-electron chi connectivity index (χ2n) is 5.48. The topological polar surface area (TPSA) is 43.4 Å². The summed E-state index contributed by atoms with van der Waals surface area (Å²) in [6, 6.07) is 13.1. The minimum absolute atomic E-state index is 0.00730. The van der Waals surface area contributed by atoms with E-state index in [2.05, 4.69) is 0 Å². The fourth-order valence-corrected chi connectivity index (χ4v) is 2.67. The zero-order chi connectivity index (χ0) is 15.5. The third kappa shape index (κ3) is 3.39. The Balaban J connectivity index is 1.71. The van der Waals surface area contributed by atoms with Crippen LogP contribution in [0.1, 0.15) is 30.7 Å². The first-order valence-corrected chi connectivity index (χ1v) is 7.17. The molecule has 1 saturated carbocycles. The predicted molar refractivity (Wildman–Crippen MR) is 79.5 cm³/mol. The van der Waals surface area contributed by atoms with Crippen LogP contribution in [0.2, 0.25) is 0 Å². The lowest BCUT2D eigenvalue weighted by molar-refractivity contribution is -0.130. The van der Waals surface area contributed by atoms with Gasteiger partial charge in [0.05, 0.1) is 6.42 Å². The number of halogens is 1. The summed E-state index contributed by atoms with van der Waals surface area (Å²) in [5.41, 5.74) is 0.966. The van der Waals surface area contributed by atoms with Crippen LogP contribution in [0.4, 0.5) is 4.39 Å². The Hall–Kier alpha value is -2.49. The molecular formula is C18H15FO3. The largest absolute Gasteiger partial charge is 0.457 e. The van der Waals surface area contributed by atoms with Crippen molar-refractivity contribution in [1.29, 1.82) is 0 Å². The molecule has 0 bridgehead atoms. The van der Waals surface area contributed by atoms with Crippen LogP contribution in [0.15, 0.2) is 48.5 Å². The van der Waals surface area contributed by atoms with E-state index in [1.165, 1.54) is 12.1 Å². The van der Waals surface area contributed by atoms with Crippen molar-refractivity contribution < 1.29 is 18.7 Å². The van der Waals surface area contributed by atoms with E-state index in [1.54, 1.807) is 24.3 Å². The molecule has 3 nitrogen and oxygen atoms in total. The van der Waals surface area contributed by atoms with Gasteiger partial charge in [0, 0.05) is 12.8 Å². The highest BCUT2D eigenvalue weighted by molar-refractivity contribution is 6.02. The highest BCUT2D eigenvalue weighted by Crippen LogP contribution is 2.31. The molecule has 0 atom stereocenters. The molecule has 3 rings (SSSR count). The first kappa shape index (κ1) is 14.4. The predicted octanol–water partition coefficient (Wildman–Crippen LogP) is 4.02. The van der Waals surface area contributed by atoms with Crippen molar-refractivity contribution in [2.24, 2.45) is 0 Å². The van der Waals surface area contributed by atoms with E-state index in [9.17, 15) is 14.0 Å². The monoisotopic (exact) mass is 298 g/mol. The van der Waals surface area contributed by atoms with Crippen molar-refractivity contribution in [3.05, 3.63) is 59.9 Å². The number of ketones is 2. The van der Waals surface area contributed by atoms with Crippen LogP contribution in [-0.4, -0.2) is 11.6 Å². The van der Waals surface area contributed by atoms with Crippen molar-refractivity contribution in [2.45, 2.75) is 25.2 Å². The summed E-state index contributed by atoms with van der Waals surface area (Å²) in [5, 5.41) is 0. The molecule has 1 aliphatic rings. The summed E-state index contributed by atoms with van der Waals surface area (Å²) >= 11 is 0. The second-order valence-corrected chi connectivity index (χ2v) is 5.48. The maximum Gasteiger partial charge on any atom is 0.140 e.